The van der Waals surface area contributed by atoms with E-state index < -0.39 is 51.3 Å². The minimum absolute atomic E-state index is 0.0905. The lowest BCUT2D eigenvalue weighted by Gasteiger charge is -2.64. The molecule has 3 fully saturated rings. The van der Waals surface area contributed by atoms with E-state index in [-0.39, 0.29) is 30.5 Å². The van der Waals surface area contributed by atoms with Crippen LogP contribution in [0, 0.1) is 22.7 Å². The number of carbonyl (C=O) groups is 4. The summed E-state index contributed by atoms with van der Waals surface area (Å²) in [7, 11) is 0. The number of alkyl halides is 1. The monoisotopic (exact) mass is 524 g/mol. The van der Waals surface area contributed by atoms with E-state index in [1.807, 2.05) is 13.0 Å². The molecule has 0 unspecified atom stereocenters. The van der Waals surface area contributed by atoms with Gasteiger partial charge in [0.1, 0.15) is 6.10 Å². The van der Waals surface area contributed by atoms with Crippen LogP contribution in [-0.4, -0.2) is 63.0 Å². The summed E-state index contributed by atoms with van der Waals surface area (Å²) in [6.45, 7) is 4.61. The summed E-state index contributed by atoms with van der Waals surface area (Å²) >= 11 is 3.96. The van der Waals surface area contributed by atoms with Crippen LogP contribution in [0.4, 0.5) is 0 Å². The molecule has 2 N–H and O–H groups in total. The number of esters is 1. The predicted octanol–water partition coefficient (Wildman–Crippen LogP) is 1.80. The Morgan fingerprint density at radius 3 is 2.64 bits per heavy atom. The zero-order chi connectivity index (χ0) is 24.4. The minimum Gasteiger partial charge on any atom is -0.463 e. The molecule has 8 atom stereocenters. The van der Waals surface area contributed by atoms with Gasteiger partial charge in [-0.2, -0.15) is 0 Å². The number of aliphatic hydroxyl groups excluding tert-OH is 1. The van der Waals surface area contributed by atoms with Gasteiger partial charge in [-0.05, 0) is 49.7 Å². The SMILES string of the molecule is CC(=O)OCC(=O)[C@@]1(O)[C@H](O)C[C@H]2[C@@H]3CCC4=CC(=O)C=C[C@]4(C)[C@@]3(Br)[C@@H](OC=O)C[C@@]21C. The lowest BCUT2D eigenvalue weighted by Crippen LogP contribution is -2.69. The van der Waals surface area contributed by atoms with Crippen LogP contribution in [0.1, 0.15) is 46.5 Å². The number of hydrogen-bond donors (Lipinski definition) is 2. The lowest BCUT2D eigenvalue weighted by atomic mass is 9.46. The number of fused-ring (bicyclic) bond motifs is 5. The van der Waals surface area contributed by atoms with Crippen LogP contribution in [0.25, 0.3) is 0 Å². The van der Waals surface area contributed by atoms with Crippen LogP contribution < -0.4 is 0 Å². The van der Waals surface area contributed by atoms with Crippen LogP contribution in [0.5, 0.6) is 0 Å². The number of allylic oxidation sites excluding steroid dienone is 4. The van der Waals surface area contributed by atoms with Gasteiger partial charge in [-0.3, -0.25) is 19.2 Å². The molecule has 4 rings (SSSR count). The van der Waals surface area contributed by atoms with Gasteiger partial charge in [-0.1, -0.05) is 41.4 Å². The summed E-state index contributed by atoms with van der Waals surface area (Å²) in [6, 6.07) is 0. The van der Waals surface area contributed by atoms with Gasteiger partial charge in [-0.25, -0.2) is 0 Å². The van der Waals surface area contributed by atoms with Crippen LogP contribution >= 0.6 is 15.9 Å². The van der Waals surface area contributed by atoms with Crippen molar-refractivity contribution in [1.29, 1.82) is 0 Å². The summed E-state index contributed by atoms with van der Waals surface area (Å²) < 4.78 is 9.65. The number of ether oxygens (including phenoxy) is 2. The molecule has 8 nitrogen and oxygen atoms in total. The van der Waals surface area contributed by atoms with Crippen molar-refractivity contribution < 1.29 is 38.9 Å². The Labute approximate surface area is 200 Å². The molecule has 0 bridgehead atoms. The average Bonchev–Trinajstić information content (AvgIpc) is 2.95. The van der Waals surface area contributed by atoms with Crippen molar-refractivity contribution >= 4 is 39.9 Å². The van der Waals surface area contributed by atoms with E-state index in [9.17, 15) is 29.4 Å². The number of aliphatic hydroxyl groups is 2. The fraction of sp³-hybridized carbons (Fsp3) is 0.667. The molecule has 4 aliphatic rings. The van der Waals surface area contributed by atoms with Crippen molar-refractivity contribution in [3.05, 3.63) is 23.8 Å². The van der Waals surface area contributed by atoms with Crippen LogP contribution in [0.15, 0.2) is 23.8 Å². The topological polar surface area (TPSA) is 127 Å². The average molecular weight is 525 g/mol. The van der Waals surface area contributed by atoms with E-state index in [0.717, 1.165) is 12.5 Å². The molecule has 4 aliphatic carbocycles. The molecule has 0 heterocycles. The smallest absolute Gasteiger partial charge is 0.303 e. The van der Waals surface area contributed by atoms with E-state index in [0.29, 0.717) is 19.3 Å². The number of halogens is 1. The molecule has 180 valence electrons. The lowest BCUT2D eigenvalue weighted by molar-refractivity contribution is -0.191. The first-order valence-electron chi connectivity index (χ1n) is 11.2. The zero-order valence-electron chi connectivity index (χ0n) is 18.9. The first-order valence-corrected chi connectivity index (χ1v) is 11.9. The molecular formula is C24H29BrO8. The second-order valence-corrected chi connectivity index (χ2v) is 11.5. The van der Waals surface area contributed by atoms with Crippen LogP contribution in [-0.2, 0) is 28.7 Å². The molecule has 0 saturated heterocycles. The summed E-state index contributed by atoms with van der Waals surface area (Å²) in [5, 5.41) is 22.7. The van der Waals surface area contributed by atoms with Crippen molar-refractivity contribution in [2.45, 2.75) is 68.6 Å². The second-order valence-electron chi connectivity index (χ2n) is 10.2. The van der Waals surface area contributed by atoms with Crippen molar-refractivity contribution in [3.63, 3.8) is 0 Å². The van der Waals surface area contributed by atoms with E-state index in [1.165, 1.54) is 6.08 Å². The van der Waals surface area contributed by atoms with Crippen molar-refractivity contribution in [3.8, 4) is 0 Å². The molecule has 0 aromatic rings. The minimum atomic E-state index is -2.17. The Kier molecular flexibility index (Phi) is 5.78. The first-order chi connectivity index (χ1) is 15.4. The van der Waals surface area contributed by atoms with E-state index >= 15 is 0 Å². The summed E-state index contributed by atoms with van der Waals surface area (Å²) in [6.07, 6.45) is 4.39. The van der Waals surface area contributed by atoms with Gasteiger partial charge in [0.05, 0.1) is 10.4 Å². The van der Waals surface area contributed by atoms with Gasteiger partial charge in [0, 0.05) is 17.8 Å². The molecule has 33 heavy (non-hydrogen) atoms. The fourth-order valence-corrected chi connectivity index (χ4v) is 8.39. The molecular weight excluding hydrogens is 496 g/mol. The van der Waals surface area contributed by atoms with Gasteiger partial charge in [0.15, 0.2) is 18.0 Å². The molecule has 0 amide bonds. The highest BCUT2D eigenvalue weighted by atomic mass is 79.9. The van der Waals surface area contributed by atoms with Gasteiger partial charge < -0.3 is 19.7 Å². The first kappa shape index (κ1) is 24.3. The Bertz CT molecular complexity index is 974. The van der Waals surface area contributed by atoms with Gasteiger partial charge in [0.25, 0.3) is 6.47 Å². The highest BCUT2D eigenvalue weighted by Gasteiger charge is 2.75. The molecule has 0 aromatic carbocycles. The van der Waals surface area contributed by atoms with Gasteiger partial charge in [-0.15, -0.1) is 0 Å². The van der Waals surface area contributed by atoms with Crippen molar-refractivity contribution in [2.24, 2.45) is 22.7 Å². The Morgan fingerprint density at radius 2 is 2.00 bits per heavy atom. The molecule has 0 spiro atoms. The Balaban J connectivity index is 1.81. The second kappa shape index (κ2) is 7.85. The van der Waals surface area contributed by atoms with Gasteiger partial charge >= 0.3 is 5.97 Å². The van der Waals surface area contributed by atoms with Crippen LogP contribution in [0.3, 0.4) is 0 Å². The maximum atomic E-state index is 13.1. The third-order valence-electron chi connectivity index (χ3n) is 8.89. The number of Topliss-reactive ketones (excluding diaryl/α,β-unsaturated/α-hetero) is 1. The van der Waals surface area contributed by atoms with E-state index in [2.05, 4.69) is 15.9 Å². The maximum absolute atomic E-state index is 13.1. The van der Waals surface area contributed by atoms with Gasteiger partial charge in [0.2, 0.25) is 5.78 Å². The number of hydrogen-bond acceptors (Lipinski definition) is 8. The third kappa shape index (κ3) is 3.08. The summed E-state index contributed by atoms with van der Waals surface area (Å²) in [5.74, 6) is -2.01. The molecule has 9 heteroatoms. The Hall–Kier alpha value is -1.84. The molecule has 0 radical (unpaired) electrons. The summed E-state index contributed by atoms with van der Waals surface area (Å²) in [4.78, 5) is 48.0. The standard InChI is InChI=1S/C24H29BrO8/c1-13(27)32-11-19(30)24(31)18(29)9-17-16-5-4-14-8-15(28)6-7-21(14,2)23(16,25)20(33-12-26)10-22(17,24)3/h6-8,12,16-18,20,29,31H,4-5,9-11H2,1-3H3/t16-,17-,18+,20-,21-,22-,23-,24-/m0/s1. The van der Waals surface area contributed by atoms with Crippen LogP contribution in [0.2, 0.25) is 0 Å². The fourth-order valence-electron chi connectivity index (χ4n) is 7.18. The third-order valence-corrected chi connectivity index (χ3v) is 10.8. The highest BCUT2D eigenvalue weighted by Crippen LogP contribution is 2.71. The van der Waals surface area contributed by atoms with E-state index in [4.69, 9.17) is 9.47 Å². The highest BCUT2D eigenvalue weighted by molar-refractivity contribution is 9.10. The number of carbonyl (C=O) groups excluding carboxylic acids is 4. The number of ketones is 2. The molecule has 3 saturated carbocycles. The largest absolute Gasteiger partial charge is 0.463 e. The molecule has 0 aliphatic heterocycles. The van der Waals surface area contributed by atoms with Crippen molar-refractivity contribution in [2.75, 3.05) is 6.61 Å². The Morgan fingerprint density at radius 1 is 1.30 bits per heavy atom. The summed E-state index contributed by atoms with van der Waals surface area (Å²) in [5.41, 5.74) is -3.01. The predicted molar refractivity (Wildman–Crippen MR) is 119 cm³/mol. The zero-order valence-corrected chi connectivity index (χ0v) is 20.5. The van der Waals surface area contributed by atoms with Crippen molar-refractivity contribution in [1.82, 2.24) is 0 Å². The number of rotatable bonds is 5. The molecule has 0 aromatic heterocycles. The van der Waals surface area contributed by atoms with E-state index in [1.54, 1.807) is 13.0 Å². The quantitative estimate of drug-likeness (QED) is 0.316. The normalized spacial score (nSPS) is 45.9. The maximum Gasteiger partial charge on any atom is 0.303 e.